The Balaban J connectivity index is 1.53. The maximum atomic E-state index is 12.5. The van der Waals surface area contributed by atoms with Crippen LogP contribution in [0, 0.1) is 0 Å². The molecule has 0 aliphatic carbocycles. The maximum absolute atomic E-state index is 12.5. The molecule has 0 unspecified atom stereocenters. The largest absolute Gasteiger partial charge is 0.322 e. The lowest BCUT2D eigenvalue weighted by Gasteiger charge is -2.09. The number of hydrogen-bond donors (Lipinski definition) is 1. The van der Waals surface area contributed by atoms with Crippen LogP contribution >= 0.6 is 11.8 Å². The Morgan fingerprint density at radius 2 is 1.96 bits per heavy atom. The van der Waals surface area contributed by atoms with Gasteiger partial charge in [-0.3, -0.25) is 4.79 Å². The summed E-state index contributed by atoms with van der Waals surface area (Å²) >= 11 is 1.46. The van der Waals surface area contributed by atoms with Gasteiger partial charge in [-0.1, -0.05) is 6.42 Å². The second kappa shape index (κ2) is 7.92. The first-order chi connectivity index (χ1) is 13.3. The molecule has 1 aromatic carbocycles. The van der Waals surface area contributed by atoms with Crippen LogP contribution in [-0.4, -0.2) is 31.9 Å². The number of hydrogen-bond acceptors (Lipinski definition) is 5. The van der Waals surface area contributed by atoms with E-state index in [1.807, 2.05) is 30.5 Å². The number of nitrogens with zero attached hydrogens (tertiary/aromatic N) is 4. The first-order valence-corrected chi connectivity index (χ1v) is 10.3. The van der Waals surface area contributed by atoms with Crippen LogP contribution in [0.15, 0.2) is 47.6 Å². The maximum Gasteiger partial charge on any atom is 0.258 e. The first-order valence-electron chi connectivity index (χ1n) is 9.09. The zero-order chi connectivity index (χ0) is 18.6. The van der Waals surface area contributed by atoms with Crippen molar-refractivity contribution in [3.63, 3.8) is 0 Å². The van der Waals surface area contributed by atoms with E-state index in [-0.39, 0.29) is 5.91 Å². The van der Waals surface area contributed by atoms with E-state index < -0.39 is 0 Å². The number of aryl methyl sites for hydroxylation is 1. The van der Waals surface area contributed by atoms with Crippen LogP contribution in [0.2, 0.25) is 0 Å². The number of thioether (sulfide) groups is 1. The molecule has 4 rings (SSSR count). The Morgan fingerprint density at radius 1 is 1.11 bits per heavy atom. The Morgan fingerprint density at radius 3 is 2.78 bits per heavy atom. The summed E-state index contributed by atoms with van der Waals surface area (Å²) in [7, 11) is 0. The average molecular weight is 379 g/mol. The van der Waals surface area contributed by atoms with Gasteiger partial charge in [-0.2, -0.15) is 0 Å². The van der Waals surface area contributed by atoms with Crippen molar-refractivity contribution in [3.05, 3.63) is 54.0 Å². The van der Waals surface area contributed by atoms with Crippen LogP contribution < -0.4 is 5.32 Å². The summed E-state index contributed by atoms with van der Waals surface area (Å²) in [6.45, 7) is 0.967. The van der Waals surface area contributed by atoms with Gasteiger partial charge in [-0.15, -0.1) is 22.0 Å². The van der Waals surface area contributed by atoms with Crippen molar-refractivity contribution in [3.8, 4) is 11.4 Å². The summed E-state index contributed by atoms with van der Waals surface area (Å²) in [4.78, 5) is 16.8. The molecule has 138 valence electrons. The van der Waals surface area contributed by atoms with Crippen molar-refractivity contribution in [2.45, 2.75) is 37.3 Å². The molecule has 1 aliphatic heterocycles. The van der Waals surface area contributed by atoms with Crippen LogP contribution in [0.25, 0.3) is 11.4 Å². The summed E-state index contributed by atoms with van der Waals surface area (Å²) < 4.78 is 2.22. The predicted octanol–water partition coefficient (Wildman–Crippen LogP) is 4.04. The van der Waals surface area contributed by atoms with Crippen LogP contribution in [-0.2, 0) is 13.0 Å². The summed E-state index contributed by atoms with van der Waals surface area (Å²) in [6.07, 6.45) is 8.17. The predicted molar refractivity (Wildman–Crippen MR) is 107 cm³/mol. The van der Waals surface area contributed by atoms with Gasteiger partial charge in [0.05, 0.1) is 5.56 Å². The van der Waals surface area contributed by atoms with E-state index in [9.17, 15) is 4.79 Å². The molecule has 1 N–H and O–H groups in total. The van der Waals surface area contributed by atoms with Gasteiger partial charge in [0.1, 0.15) is 10.9 Å². The summed E-state index contributed by atoms with van der Waals surface area (Å²) in [6, 6.07) is 11.3. The number of benzene rings is 1. The minimum Gasteiger partial charge on any atom is -0.322 e. The quantitative estimate of drug-likeness (QED) is 0.693. The standard InChI is InChI=1S/C20H21N5OS/c1-27-20-16(6-5-12-21-20)19(26)22-15-10-8-14(9-11-15)18-24-23-17-7-3-2-4-13-25(17)18/h5-6,8-12H,2-4,7,13H2,1H3,(H,22,26). The highest BCUT2D eigenvalue weighted by molar-refractivity contribution is 7.98. The molecule has 0 spiro atoms. The van der Waals surface area contributed by atoms with Gasteiger partial charge >= 0.3 is 0 Å². The molecule has 0 bridgehead atoms. The van der Waals surface area contributed by atoms with Gasteiger partial charge in [-0.25, -0.2) is 4.98 Å². The molecule has 7 heteroatoms. The van der Waals surface area contributed by atoms with E-state index in [0.717, 1.165) is 47.3 Å². The third-order valence-corrected chi connectivity index (χ3v) is 5.43. The van der Waals surface area contributed by atoms with Gasteiger partial charge in [0.2, 0.25) is 0 Å². The number of rotatable bonds is 4. The van der Waals surface area contributed by atoms with E-state index >= 15 is 0 Å². The molecule has 0 saturated heterocycles. The number of pyridine rings is 1. The lowest BCUT2D eigenvalue weighted by Crippen LogP contribution is -2.13. The molecule has 0 atom stereocenters. The zero-order valence-corrected chi connectivity index (χ0v) is 16.0. The number of aromatic nitrogens is 4. The molecule has 3 heterocycles. The Kier molecular flexibility index (Phi) is 5.20. The van der Waals surface area contributed by atoms with Gasteiger partial charge in [0.25, 0.3) is 5.91 Å². The molecule has 0 saturated carbocycles. The lowest BCUT2D eigenvalue weighted by molar-refractivity contribution is 0.102. The third kappa shape index (κ3) is 3.73. The van der Waals surface area contributed by atoms with E-state index in [4.69, 9.17) is 0 Å². The lowest BCUT2D eigenvalue weighted by atomic mass is 10.2. The smallest absolute Gasteiger partial charge is 0.258 e. The fourth-order valence-corrected chi connectivity index (χ4v) is 3.87. The molecular weight excluding hydrogens is 358 g/mol. The van der Waals surface area contributed by atoms with Crippen molar-refractivity contribution in [1.29, 1.82) is 0 Å². The highest BCUT2D eigenvalue weighted by Gasteiger charge is 2.16. The molecule has 2 aromatic heterocycles. The first kappa shape index (κ1) is 17.7. The number of carbonyl (C=O) groups is 1. The highest BCUT2D eigenvalue weighted by Crippen LogP contribution is 2.24. The topological polar surface area (TPSA) is 72.7 Å². The van der Waals surface area contributed by atoms with Gasteiger partial charge in [-0.05, 0) is 55.5 Å². The van der Waals surface area contributed by atoms with Crippen molar-refractivity contribution < 1.29 is 4.79 Å². The van der Waals surface area contributed by atoms with Crippen molar-refractivity contribution >= 4 is 23.4 Å². The summed E-state index contributed by atoms with van der Waals surface area (Å²) in [5.41, 5.74) is 2.34. The SMILES string of the molecule is CSc1ncccc1C(=O)Nc1ccc(-c2nnc3n2CCCCC3)cc1. The van der Waals surface area contributed by atoms with Crippen molar-refractivity contribution in [2.24, 2.45) is 0 Å². The van der Waals surface area contributed by atoms with Crippen molar-refractivity contribution in [2.75, 3.05) is 11.6 Å². The van der Waals surface area contributed by atoms with Crippen LogP contribution in [0.5, 0.6) is 0 Å². The Hall–Kier alpha value is -2.67. The molecule has 1 amide bonds. The van der Waals surface area contributed by atoms with Crippen LogP contribution in [0.4, 0.5) is 5.69 Å². The molecule has 0 radical (unpaired) electrons. The molecule has 0 fully saturated rings. The molecule has 27 heavy (non-hydrogen) atoms. The van der Waals surface area contributed by atoms with E-state index in [1.54, 1.807) is 18.3 Å². The number of fused-ring (bicyclic) bond motifs is 1. The van der Waals surface area contributed by atoms with Crippen LogP contribution in [0.3, 0.4) is 0 Å². The number of nitrogens with one attached hydrogen (secondary N) is 1. The summed E-state index contributed by atoms with van der Waals surface area (Å²) in [5.74, 6) is 1.82. The average Bonchev–Trinajstić information content (AvgIpc) is 2.96. The van der Waals surface area contributed by atoms with E-state index in [1.165, 1.54) is 24.6 Å². The van der Waals surface area contributed by atoms with Gasteiger partial charge < -0.3 is 9.88 Å². The zero-order valence-electron chi connectivity index (χ0n) is 15.2. The number of anilines is 1. The van der Waals surface area contributed by atoms with Gasteiger partial charge in [0, 0.05) is 30.4 Å². The minimum atomic E-state index is -0.156. The molecule has 3 aromatic rings. The normalized spacial score (nSPS) is 13.7. The molecule has 6 nitrogen and oxygen atoms in total. The van der Waals surface area contributed by atoms with E-state index in [2.05, 4.69) is 25.1 Å². The number of carbonyl (C=O) groups excluding carboxylic acids is 1. The second-order valence-corrected chi connectivity index (χ2v) is 7.29. The molecule has 1 aliphatic rings. The Labute approximate surface area is 162 Å². The minimum absolute atomic E-state index is 0.156. The highest BCUT2D eigenvalue weighted by atomic mass is 32.2. The Bertz CT molecular complexity index is 951. The summed E-state index contributed by atoms with van der Waals surface area (Å²) in [5, 5.41) is 12.4. The monoisotopic (exact) mass is 379 g/mol. The van der Waals surface area contributed by atoms with E-state index in [0.29, 0.717) is 5.56 Å². The number of amides is 1. The third-order valence-electron chi connectivity index (χ3n) is 4.72. The van der Waals surface area contributed by atoms with Crippen LogP contribution in [0.1, 0.15) is 35.4 Å². The van der Waals surface area contributed by atoms with Crippen molar-refractivity contribution in [1.82, 2.24) is 19.7 Å². The fraction of sp³-hybridized carbons (Fsp3) is 0.300. The molecular formula is C20H21N5OS. The second-order valence-electron chi connectivity index (χ2n) is 6.49. The fourth-order valence-electron chi connectivity index (χ4n) is 3.33. The van der Waals surface area contributed by atoms with Gasteiger partial charge in [0.15, 0.2) is 5.82 Å².